The molecule has 2 heterocycles. The molecule has 38 heavy (non-hydrogen) atoms. The van der Waals surface area contributed by atoms with Gasteiger partial charge in [-0.2, -0.15) is 5.10 Å². The van der Waals surface area contributed by atoms with Crippen LogP contribution in [0.25, 0.3) is 10.8 Å². The summed E-state index contributed by atoms with van der Waals surface area (Å²) in [4.78, 5) is 28.4. The van der Waals surface area contributed by atoms with Crippen LogP contribution in [0.2, 0.25) is 0 Å². The van der Waals surface area contributed by atoms with Crippen molar-refractivity contribution in [1.82, 2.24) is 0 Å². The Morgan fingerprint density at radius 2 is 1.16 bits per heavy atom. The average Bonchev–Trinajstić information content (AvgIpc) is 3.43. The van der Waals surface area contributed by atoms with Gasteiger partial charge in [-0.15, -0.1) is 0 Å². The molecule has 7 rings (SSSR count). The summed E-state index contributed by atoms with van der Waals surface area (Å²) in [5.41, 5.74) is 5.70. The SMILES string of the molecule is O=C1c2cccc3c(C4=NN(c5ccccc5)C(c5ccccc5)C4)ccc(c23)C(=O)N1c1ccccc1. The van der Waals surface area contributed by atoms with E-state index in [1.807, 2.05) is 66.7 Å². The minimum absolute atomic E-state index is 0.0382. The third kappa shape index (κ3) is 3.44. The van der Waals surface area contributed by atoms with Crippen molar-refractivity contribution in [3.63, 3.8) is 0 Å². The van der Waals surface area contributed by atoms with Crippen LogP contribution in [0.15, 0.2) is 126 Å². The van der Waals surface area contributed by atoms with Crippen molar-refractivity contribution in [2.75, 3.05) is 9.91 Å². The highest BCUT2D eigenvalue weighted by atomic mass is 16.2. The maximum absolute atomic E-state index is 13.6. The lowest BCUT2D eigenvalue weighted by Gasteiger charge is -2.27. The molecule has 1 atom stereocenters. The number of para-hydroxylation sites is 2. The van der Waals surface area contributed by atoms with E-state index in [0.717, 1.165) is 22.3 Å². The highest BCUT2D eigenvalue weighted by Gasteiger charge is 2.36. The van der Waals surface area contributed by atoms with Gasteiger partial charge in [0.25, 0.3) is 11.8 Å². The molecule has 0 radical (unpaired) electrons. The number of rotatable bonds is 4. The lowest BCUT2D eigenvalue weighted by atomic mass is 9.88. The fourth-order valence-electron chi connectivity index (χ4n) is 5.59. The monoisotopic (exact) mass is 493 g/mol. The van der Waals surface area contributed by atoms with Gasteiger partial charge in [0.2, 0.25) is 0 Å². The average molecular weight is 494 g/mol. The lowest BCUT2D eigenvalue weighted by molar-refractivity contribution is 0.0893. The number of amides is 2. The van der Waals surface area contributed by atoms with Crippen molar-refractivity contribution in [2.24, 2.45) is 5.10 Å². The quantitative estimate of drug-likeness (QED) is 0.253. The molecule has 0 N–H and O–H groups in total. The molecule has 5 aromatic carbocycles. The Labute approximate surface area is 220 Å². The molecule has 0 saturated carbocycles. The predicted octanol–water partition coefficient (Wildman–Crippen LogP) is 7.00. The van der Waals surface area contributed by atoms with Crippen molar-refractivity contribution >= 4 is 39.7 Å². The van der Waals surface area contributed by atoms with Crippen LogP contribution in [-0.4, -0.2) is 17.5 Å². The molecule has 2 aliphatic rings. The lowest BCUT2D eigenvalue weighted by Crippen LogP contribution is -2.40. The molecule has 2 amide bonds. The van der Waals surface area contributed by atoms with Gasteiger partial charge in [0.1, 0.15) is 0 Å². The number of carbonyl (C=O) groups excluding carboxylic acids is 2. The summed E-state index contributed by atoms with van der Waals surface area (Å²) in [6.45, 7) is 0. The van der Waals surface area contributed by atoms with Crippen LogP contribution < -0.4 is 9.91 Å². The fourth-order valence-corrected chi connectivity index (χ4v) is 5.59. The number of hydrogen-bond acceptors (Lipinski definition) is 4. The predicted molar refractivity (Wildman–Crippen MR) is 151 cm³/mol. The van der Waals surface area contributed by atoms with Crippen LogP contribution in [0, 0.1) is 0 Å². The summed E-state index contributed by atoms with van der Waals surface area (Å²) < 4.78 is 0. The Hall–Kier alpha value is -5.03. The zero-order valence-corrected chi connectivity index (χ0v) is 20.5. The van der Waals surface area contributed by atoms with Crippen LogP contribution in [0.1, 0.15) is 44.3 Å². The van der Waals surface area contributed by atoms with E-state index in [-0.39, 0.29) is 17.9 Å². The number of benzene rings is 5. The number of carbonyl (C=O) groups is 2. The Morgan fingerprint density at radius 1 is 0.579 bits per heavy atom. The van der Waals surface area contributed by atoms with Gasteiger partial charge in [-0.1, -0.05) is 84.9 Å². The second-order valence-corrected chi connectivity index (χ2v) is 9.53. The van der Waals surface area contributed by atoms with Gasteiger partial charge in [-0.3, -0.25) is 14.6 Å². The summed E-state index contributed by atoms with van der Waals surface area (Å²) in [5.74, 6) is -0.615. The van der Waals surface area contributed by atoms with Crippen molar-refractivity contribution in [3.8, 4) is 0 Å². The van der Waals surface area contributed by atoms with Crippen LogP contribution in [0.5, 0.6) is 0 Å². The Bertz CT molecular complexity index is 1710. The molecular weight excluding hydrogens is 470 g/mol. The molecule has 5 aromatic rings. The van der Waals surface area contributed by atoms with Gasteiger partial charge in [0, 0.05) is 28.5 Å². The van der Waals surface area contributed by atoms with E-state index in [0.29, 0.717) is 28.6 Å². The van der Waals surface area contributed by atoms with E-state index in [2.05, 4.69) is 41.4 Å². The van der Waals surface area contributed by atoms with E-state index in [1.165, 1.54) is 10.5 Å². The zero-order valence-electron chi connectivity index (χ0n) is 20.5. The molecule has 0 aliphatic carbocycles. The molecule has 5 nitrogen and oxygen atoms in total. The van der Waals surface area contributed by atoms with E-state index in [4.69, 9.17) is 5.10 Å². The number of hydrogen-bond donors (Lipinski definition) is 0. The van der Waals surface area contributed by atoms with Gasteiger partial charge in [-0.05, 0) is 47.3 Å². The number of imide groups is 1. The van der Waals surface area contributed by atoms with Crippen molar-refractivity contribution < 1.29 is 9.59 Å². The molecule has 182 valence electrons. The third-order valence-electron chi connectivity index (χ3n) is 7.35. The third-order valence-corrected chi connectivity index (χ3v) is 7.35. The zero-order chi connectivity index (χ0) is 25.6. The second kappa shape index (κ2) is 8.82. The molecule has 0 aromatic heterocycles. The molecular formula is C33H23N3O2. The van der Waals surface area contributed by atoms with Crippen LogP contribution in [0.3, 0.4) is 0 Å². The topological polar surface area (TPSA) is 53.0 Å². The summed E-state index contributed by atoms with van der Waals surface area (Å²) in [5, 5.41) is 8.76. The number of anilines is 2. The smallest absolute Gasteiger partial charge is 0.265 e. The Balaban J connectivity index is 1.36. The largest absolute Gasteiger partial charge is 0.268 e. The molecule has 1 unspecified atom stereocenters. The first-order chi connectivity index (χ1) is 18.7. The summed E-state index contributed by atoms with van der Waals surface area (Å²) >= 11 is 0. The molecule has 0 bridgehead atoms. The Kier molecular flexibility index (Phi) is 5.15. The first kappa shape index (κ1) is 22.2. The normalized spacial score (nSPS) is 16.7. The fraction of sp³-hybridized carbons (Fsp3) is 0.0606. The highest BCUT2D eigenvalue weighted by Crippen LogP contribution is 2.40. The van der Waals surface area contributed by atoms with E-state index in [1.54, 1.807) is 18.2 Å². The molecule has 5 heteroatoms. The van der Waals surface area contributed by atoms with Crippen LogP contribution >= 0.6 is 0 Å². The summed E-state index contributed by atoms with van der Waals surface area (Å²) in [7, 11) is 0. The maximum atomic E-state index is 13.6. The summed E-state index contributed by atoms with van der Waals surface area (Å²) in [6, 6.07) is 39.2. The van der Waals surface area contributed by atoms with E-state index >= 15 is 0 Å². The molecule has 0 fully saturated rings. The standard InChI is InChI=1S/C33H23N3O2/c37-32-27-18-10-17-26-25(19-20-28(31(26)27)33(38)35(32)23-13-6-2-7-14-23)29-21-30(22-11-4-1-5-12-22)36(34-29)24-15-8-3-9-16-24/h1-20,30H,21H2. The van der Waals surface area contributed by atoms with Crippen molar-refractivity contribution in [3.05, 3.63) is 144 Å². The molecule has 0 saturated heterocycles. The van der Waals surface area contributed by atoms with Gasteiger partial charge in [0.05, 0.1) is 23.1 Å². The van der Waals surface area contributed by atoms with Gasteiger partial charge in [0.15, 0.2) is 0 Å². The summed E-state index contributed by atoms with van der Waals surface area (Å²) in [6.07, 6.45) is 0.704. The van der Waals surface area contributed by atoms with Gasteiger partial charge in [-0.25, -0.2) is 4.90 Å². The highest BCUT2D eigenvalue weighted by molar-refractivity contribution is 6.36. The Morgan fingerprint density at radius 3 is 1.84 bits per heavy atom. The van der Waals surface area contributed by atoms with Crippen molar-refractivity contribution in [1.29, 1.82) is 0 Å². The van der Waals surface area contributed by atoms with Gasteiger partial charge >= 0.3 is 0 Å². The van der Waals surface area contributed by atoms with Gasteiger partial charge < -0.3 is 0 Å². The van der Waals surface area contributed by atoms with E-state index in [9.17, 15) is 9.59 Å². The van der Waals surface area contributed by atoms with Crippen LogP contribution in [-0.2, 0) is 0 Å². The first-order valence-corrected chi connectivity index (χ1v) is 12.7. The van der Waals surface area contributed by atoms with E-state index < -0.39 is 0 Å². The van der Waals surface area contributed by atoms with Crippen molar-refractivity contribution in [2.45, 2.75) is 12.5 Å². The second-order valence-electron chi connectivity index (χ2n) is 9.53. The number of hydrazone groups is 1. The minimum Gasteiger partial charge on any atom is -0.268 e. The minimum atomic E-state index is -0.308. The maximum Gasteiger partial charge on any atom is 0.265 e. The van der Waals surface area contributed by atoms with Crippen LogP contribution in [0.4, 0.5) is 11.4 Å². The number of nitrogens with zero attached hydrogens (tertiary/aromatic N) is 3. The molecule has 2 aliphatic heterocycles. The first-order valence-electron chi connectivity index (χ1n) is 12.7. The molecule has 0 spiro atoms.